The fourth-order valence-corrected chi connectivity index (χ4v) is 1.34. The molecule has 0 saturated heterocycles. The van der Waals surface area contributed by atoms with Crippen LogP contribution in [0.15, 0.2) is 10.9 Å². The van der Waals surface area contributed by atoms with Crippen molar-refractivity contribution in [3.8, 4) is 0 Å². The van der Waals surface area contributed by atoms with Crippen LogP contribution < -0.4 is 0 Å². The van der Waals surface area contributed by atoms with Gasteiger partial charge in [-0.2, -0.15) is 0 Å². The van der Waals surface area contributed by atoms with Crippen LogP contribution >= 0.6 is 15.9 Å². The van der Waals surface area contributed by atoms with Crippen molar-refractivity contribution >= 4 is 22.0 Å². The molecule has 1 aliphatic rings. The quantitative estimate of drug-likeness (QED) is 0.674. The van der Waals surface area contributed by atoms with Crippen LogP contribution in [0.4, 0.5) is 4.79 Å². The molecule has 14 heavy (non-hydrogen) atoms. The topological polar surface area (TPSA) is 38.8 Å². The molecule has 0 aliphatic carbocycles. The molecule has 0 spiro atoms. The van der Waals surface area contributed by atoms with Gasteiger partial charge in [-0.05, 0) is 36.7 Å². The normalized spacial score (nSPS) is 17.1. The number of carbonyl (C=O) groups excluding carboxylic acids is 1. The van der Waals surface area contributed by atoms with Gasteiger partial charge in [0.1, 0.15) is 12.2 Å². The van der Waals surface area contributed by atoms with Gasteiger partial charge >= 0.3 is 6.09 Å². The number of amides is 1. The first-order valence-corrected chi connectivity index (χ1v) is 5.17. The summed E-state index contributed by atoms with van der Waals surface area (Å²) in [6.45, 7) is 6.51. The van der Waals surface area contributed by atoms with Gasteiger partial charge in [0.05, 0.1) is 12.7 Å². The number of carbonyl (C=O) groups is 1. The molecule has 1 rings (SSSR count). The van der Waals surface area contributed by atoms with E-state index in [1.165, 1.54) is 4.90 Å². The highest BCUT2D eigenvalue weighted by Gasteiger charge is 2.23. The van der Waals surface area contributed by atoms with Crippen LogP contribution in [0.25, 0.3) is 0 Å². The summed E-state index contributed by atoms with van der Waals surface area (Å²) in [6.07, 6.45) is 1.23. The molecule has 0 bridgehead atoms. The fraction of sp³-hybridized carbons (Fsp3) is 0.667. The standard InChI is InChI=1S/C9H14BrNO3/c1-9(2,3)14-8(12)11-4-5-13-7(10)6-11/h6H,4-5H2,1-3H3. The van der Waals surface area contributed by atoms with E-state index in [2.05, 4.69) is 15.9 Å². The molecule has 0 saturated carbocycles. The summed E-state index contributed by atoms with van der Waals surface area (Å²) in [5, 5.41) is 0. The molecule has 0 aromatic carbocycles. The molecule has 0 aromatic rings. The van der Waals surface area contributed by atoms with E-state index >= 15 is 0 Å². The Morgan fingerprint density at radius 3 is 2.79 bits per heavy atom. The van der Waals surface area contributed by atoms with E-state index in [0.29, 0.717) is 17.8 Å². The van der Waals surface area contributed by atoms with E-state index in [4.69, 9.17) is 9.47 Å². The molecule has 0 N–H and O–H groups in total. The SMILES string of the molecule is CC(C)(C)OC(=O)N1C=C(Br)OCC1. The summed E-state index contributed by atoms with van der Waals surface area (Å²) in [4.78, 5) is 13.0. The Labute approximate surface area is 92.0 Å². The fourth-order valence-electron chi connectivity index (χ4n) is 0.930. The third-order valence-electron chi connectivity index (χ3n) is 1.46. The first kappa shape index (κ1) is 11.4. The summed E-state index contributed by atoms with van der Waals surface area (Å²) in [7, 11) is 0. The van der Waals surface area contributed by atoms with Crippen molar-refractivity contribution in [2.75, 3.05) is 13.2 Å². The van der Waals surface area contributed by atoms with Gasteiger partial charge in [0.2, 0.25) is 0 Å². The van der Waals surface area contributed by atoms with Gasteiger partial charge in [0, 0.05) is 0 Å². The zero-order chi connectivity index (χ0) is 10.8. The molecule has 1 aliphatic heterocycles. The summed E-state index contributed by atoms with van der Waals surface area (Å²) >= 11 is 3.17. The number of hydrogen-bond donors (Lipinski definition) is 0. The van der Waals surface area contributed by atoms with Crippen LogP contribution in [-0.2, 0) is 9.47 Å². The lowest BCUT2D eigenvalue weighted by atomic mass is 10.2. The van der Waals surface area contributed by atoms with Crippen molar-refractivity contribution in [2.45, 2.75) is 26.4 Å². The van der Waals surface area contributed by atoms with Crippen LogP contribution in [-0.4, -0.2) is 29.7 Å². The maximum absolute atomic E-state index is 11.5. The molecule has 1 heterocycles. The minimum atomic E-state index is -0.463. The number of rotatable bonds is 0. The molecular weight excluding hydrogens is 250 g/mol. The third kappa shape index (κ3) is 3.57. The summed E-state index contributed by atoms with van der Waals surface area (Å²) < 4.78 is 10.9. The van der Waals surface area contributed by atoms with Crippen molar-refractivity contribution < 1.29 is 14.3 Å². The predicted octanol–water partition coefficient (Wildman–Crippen LogP) is 2.45. The Morgan fingerprint density at radius 2 is 2.29 bits per heavy atom. The van der Waals surface area contributed by atoms with Crippen molar-refractivity contribution in [1.82, 2.24) is 4.90 Å². The number of ether oxygens (including phenoxy) is 2. The average molecular weight is 264 g/mol. The molecule has 0 radical (unpaired) electrons. The van der Waals surface area contributed by atoms with E-state index in [-0.39, 0.29) is 6.09 Å². The molecular formula is C9H14BrNO3. The van der Waals surface area contributed by atoms with E-state index < -0.39 is 5.60 Å². The third-order valence-corrected chi connectivity index (χ3v) is 1.89. The summed E-state index contributed by atoms with van der Waals surface area (Å²) in [5.41, 5.74) is -0.463. The highest BCUT2D eigenvalue weighted by molar-refractivity contribution is 9.11. The van der Waals surface area contributed by atoms with Crippen molar-refractivity contribution in [1.29, 1.82) is 0 Å². The van der Waals surface area contributed by atoms with Gasteiger partial charge in [-0.15, -0.1) is 0 Å². The second-order valence-electron chi connectivity index (χ2n) is 3.96. The summed E-state index contributed by atoms with van der Waals surface area (Å²) in [6, 6.07) is 0. The molecule has 0 aromatic heterocycles. The van der Waals surface area contributed by atoms with Crippen LogP contribution in [0.3, 0.4) is 0 Å². The van der Waals surface area contributed by atoms with Gasteiger partial charge in [0.15, 0.2) is 4.67 Å². The predicted molar refractivity (Wildman–Crippen MR) is 55.9 cm³/mol. The van der Waals surface area contributed by atoms with E-state index in [9.17, 15) is 4.79 Å². The molecule has 5 heteroatoms. The lowest BCUT2D eigenvalue weighted by Gasteiger charge is -2.27. The monoisotopic (exact) mass is 263 g/mol. The molecule has 4 nitrogen and oxygen atoms in total. The zero-order valence-electron chi connectivity index (χ0n) is 8.54. The van der Waals surface area contributed by atoms with E-state index in [1.54, 1.807) is 6.20 Å². The lowest BCUT2D eigenvalue weighted by molar-refractivity contribution is 0.0263. The Hall–Kier alpha value is -0.710. The number of nitrogens with zero attached hydrogens (tertiary/aromatic N) is 1. The molecule has 0 unspecified atom stereocenters. The maximum atomic E-state index is 11.5. The van der Waals surface area contributed by atoms with Gasteiger partial charge in [-0.25, -0.2) is 4.79 Å². The van der Waals surface area contributed by atoms with E-state index in [0.717, 1.165) is 0 Å². The first-order chi connectivity index (χ1) is 6.38. The van der Waals surface area contributed by atoms with Crippen molar-refractivity contribution in [3.05, 3.63) is 10.9 Å². The van der Waals surface area contributed by atoms with Crippen molar-refractivity contribution in [3.63, 3.8) is 0 Å². The average Bonchev–Trinajstić information content (AvgIpc) is 2.01. The molecule has 0 atom stereocenters. The van der Waals surface area contributed by atoms with Gasteiger partial charge in [-0.3, -0.25) is 4.90 Å². The van der Waals surface area contributed by atoms with Crippen LogP contribution in [0.1, 0.15) is 20.8 Å². The minimum absolute atomic E-state index is 0.349. The number of hydrogen-bond acceptors (Lipinski definition) is 3. The highest BCUT2D eigenvalue weighted by Crippen LogP contribution is 2.16. The Balaban J connectivity index is 2.57. The van der Waals surface area contributed by atoms with Gasteiger partial charge < -0.3 is 9.47 Å². The highest BCUT2D eigenvalue weighted by atomic mass is 79.9. The van der Waals surface area contributed by atoms with Crippen LogP contribution in [0, 0.1) is 0 Å². The number of halogens is 1. The smallest absolute Gasteiger partial charge is 0.414 e. The lowest BCUT2D eigenvalue weighted by Crippen LogP contribution is -2.37. The maximum Gasteiger partial charge on any atom is 0.414 e. The van der Waals surface area contributed by atoms with Crippen LogP contribution in [0.2, 0.25) is 0 Å². The van der Waals surface area contributed by atoms with E-state index in [1.807, 2.05) is 20.8 Å². The molecule has 0 fully saturated rings. The Bertz CT molecular complexity index is 257. The molecule has 1 amide bonds. The van der Waals surface area contributed by atoms with Gasteiger partial charge in [0.25, 0.3) is 0 Å². The largest absolute Gasteiger partial charge is 0.483 e. The van der Waals surface area contributed by atoms with Crippen molar-refractivity contribution in [2.24, 2.45) is 0 Å². The molecule has 80 valence electrons. The Morgan fingerprint density at radius 1 is 1.64 bits per heavy atom. The van der Waals surface area contributed by atoms with Gasteiger partial charge in [-0.1, -0.05) is 0 Å². The minimum Gasteiger partial charge on any atom is -0.483 e. The Kier molecular flexibility index (Phi) is 3.42. The second-order valence-corrected chi connectivity index (χ2v) is 4.74. The first-order valence-electron chi connectivity index (χ1n) is 4.38. The van der Waals surface area contributed by atoms with Crippen LogP contribution in [0.5, 0.6) is 0 Å². The summed E-state index contributed by atoms with van der Waals surface area (Å²) in [5.74, 6) is 0. The second kappa shape index (κ2) is 4.21. The zero-order valence-corrected chi connectivity index (χ0v) is 10.1.